The molecule has 7 bridgehead atoms. The van der Waals surface area contributed by atoms with Crippen molar-refractivity contribution in [2.24, 2.45) is 40.4 Å². The highest BCUT2D eigenvalue weighted by molar-refractivity contribution is 5.66. The van der Waals surface area contributed by atoms with Crippen LogP contribution in [0.5, 0.6) is 0 Å². The van der Waals surface area contributed by atoms with Crippen LogP contribution >= 0.6 is 0 Å². The van der Waals surface area contributed by atoms with E-state index >= 15 is 0 Å². The molecule has 5 saturated carbocycles. The number of fused-ring (bicyclic) bond motifs is 2. The summed E-state index contributed by atoms with van der Waals surface area (Å²) in [6.07, 6.45) is 2.92. The Morgan fingerprint density at radius 1 is 1.09 bits per heavy atom. The molecule has 5 aliphatic carbocycles. The van der Waals surface area contributed by atoms with Crippen LogP contribution in [0.3, 0.4) is 0 Å². The Morgan fingerprint density at radius 2 is 1.86 bits per heavy atom. The number of rotatable bonds is 7. The van der Waals surface area contributed by atoms with Crippen LogP contribution in [0.2, 0.25) is 0 Å². The Balaban J connectivity index is 1.64. The molecule has 35 heavy (non-hydrogen) atoms. The third kappa shape index (κ3) is 2.72. The number of esters is 1. The molecule has 6 rings (SSSR count). The van der Waals surface area contributed by atoms with Gasteiger partial charge in [-0.25, -0.2) is 0 Å². The molecule has 0 aromatic rings. The molecule has 0 amide bonds. The Hall–Kier alpha value is -0.770. The molecule has 6 aliphatic rings. The van der Waals surface area contributed by atoms with E-state index in [4.69, 9.17) is 23.7 Å². The largest absolute Gasteiger partial charge is 0.462 e. The number of likely N-dealkylation sites (tertiary alicyclic amines) is 1. The fourth-order valence-electron chi connectivity index (χ4n) is 11.3. The molecule has 8 nitrogen and oxygen atoms in total. The summed E-state index contributed by atoms with van der Waals surface area (Å²) < 4.78 is 30.8. The minimum atomic E-state index is -1.04. The predicted molar refractivity (Wildman–Crippen MR) is 127 cm³/mol. The van der Waals surface area contributed by atoms with Crippen molar-refractivity contribution in [3.05, 3.63) is 0 Å². The van der Waals surface area contributed by atoms with E-state index in [9.17, 15) is 9.90 Å². The van der Waals surface area contributed by atoms with Crippen molar-refractivity contribution in [3.63, 3.8) is 0 Å². The van der Waals surface area contributed by atoms with Crippen molar-refractivity contribution >= 4 is 5.97 Å². The lowest BCUT2D eigenvalue weighted by Gasteiger charge is -2.69. The molecule has 0 unspecified atom stereocenters. The van der Waals surface area contributed by atoms with Gasteiger partial charge in [0.15, 0.2) is 0 Å². The Labute approximate surface area is 208 Å². The SMILES string of the molecule is CCN1C[C@]2(COC)CC[C@H](OC)[C@@]34[C@@H]5C[C@H]6[C@H](OC)[C@@H]5[C@](O)(C[C@@H]6OC)[C@@H]([C@@H](OC(C)=O)[C@H]23)[C@@H]14. The van der Waals surface area contributed by atoms with Gasteiger partial charge in [0.05, 0.1) is 30.5 Å². The Bertz CT molecular complexity index is 870. The van der Waals surface area contributed by atoms with Gasteiger partial charge < -0.3 is 28.8 Å². The summed E-state index contributed by atoms with van der Waals surface area (Å²) in [5.74, 6) is -0.00516. The minimum absolute atomic E-state index is 0.0268. The van der Waals surface area contributed by atoms with Gasteiger partial charge in [-0.15, -0.1) is 0 Å². The second kappa shape index (κ2) is 8.11. The van der Waals surface area contributed by atoms with Crippen molar-refractivity contribution < 1.29 is 33.6 Å². The van der Waals surface area contributed by atoms with E-state index in [1.54, 1.807) is 21.3 Å². The standard InChI is InChI=1S/C27H43NO7/c1-7-28-12-25(13-31-3)9-8-18(33-5)27-16-10-15-17(32-4)11-26(30,19(16)21(15)34-6)20(24(27)28)22(23(25)27)35-14(2)29/h15-24,30H,7-13H2,1-6H3/t15-,16-,17+,18+,19-,20+,21+,22-,23-,24-,25+,26-,27+/m1/s1. The van der Waals surface area contributed by atoms with Crippen LogP contribution in [-0.2, 0) is 28.5 Å². The first-order valence-electron chi connectivity index (χ1n) is 13.5. The molecule has 1 saturated heterocycles. The van der Waals surface area contributed by atoms with Gasteiger partial charge in [0.25, 0.3) is 0 Å². The van der Waals surface area contributed by atoms with Crippen LogP contribution in [0.25, 0.3) is 0 Å². The van der Waals surface area contributed by atoms with Gasteiger partial charge in [-0.3, -0.25) is 9.69 Å². The number of carbonyl (C=O) groups excluding carboxylic acids is 1. The van der Waals surface area contributed by atoms with Gasteiger partial charge >= 0.3 is 5.97 Å². The maximum Gasteiger partial charge on any atom is 0.302 e. The maximum atomic E-state index is 12.9. The van der Waals surface area contributed by atoms with Gasteiger partial charge in [-0.2, -0.15) is 0 Å². The highest BCUT2D eigenvalue weighted by Gasteiger charge is 2.87. The molecule has 1 heterocycles. The first-order valence-corrected chi connectivity index (χ1v) is 13.5. The lowest BCUT2D eigenvalue weighted by atomic mass is 9.43. The number of methoxy groups -OCH3 is 4. The molecule has 6 fully saturated rings. The molecular weight excluding hydrogens is 450 g/mol. The molecule has 1 aliphatic heterocycles. The fourth-order valence-corrected chi connectivity index (χ4v) is 11.3. The molecule has 8 heteroatoms. The summed E-state index contributed by atoms with van der Waals surface area (Å²) in [7, 11) is 7.16. The number of ether oxygens (including phenoxy) is 5. The van der Waals surface area contributed by atoms with E-state index in [2.05, 4.69) is 11.8 Å². The summed E-state index contributed by atoms with van der Waals surface area (Å²) in [5, 5.41) is 12.9. The van der Waals surface area contributed by atoms with Crippen LogP contribution in [-0.4, -0.2) is 100 Å². The molecule has 1 spiro atoms. The van der Waals surface area contributed by atoms with Gasteiger partial charge in [-0.1, -0.05) is 6.92 Å². The van der Waals surface area contributed by atoms with Crippen LogP contribution in [0.4, 0.5) is 0 Å². The molecule has 0 radical (unpaired) electrons. The van der Waals surface area contributed by atoms with Crippen molar-refractivity contribution in [2.45, 2.75) is 75.6 Å². The third-order valence-electron chi connectivity index (χ3n) is 11.6. The minimum Gasteiger partial charge on any atom is -0.462 e. The Kier molecular flexibility index (Phi) is 5.69. The number of hydrogen-bond acceptors (Lipinski definition) is 8. The highest BCUT2D eigenvalue weighted by Crippen LogP contribution is 2.79. The van der Waals surface area contributed by atoms with Crippen LogP contribution in [0, 0.1) is 40.4 Å². The van der Waals surface area contributed by atoms with Crippen molar-refractivity contribution in [1.29, 1.82) is 0 Å². The van der Waals surface area contributed by atoms with Gasteiger partial charge in [0.1, 0.15) is 6.10 Å². The fraction of sp³-hybridized carbons (Fsp3) is 0.963. The molecule has 198 valence electrons. The zero-order valence-corrected chi connectivity index (χ0v) is 22.1. The summed E-state index contributed by atoms with van der Waals surface area (Å²) in [6.45, 7) is 6.12. The summed E-state index contributed by atoms with van der Waals surface area (Å²) in [5.41, 5.74) is -1.43. The first kappa shape index (κ1) is 24.6. The zero-order chi connectivity index (χ0) is 24.9. The van der Waals surface area contributed by atoms with Crippen LogP contribution in [0.15, 0.2) is 0 Å². The second-order valence-electron chi connectivity index (χ2n) is 12.3. The third-order valence-corrected chi connectivity index (χ3v) is 11.6. The van der Waals surface area contributed by atoms with E-state index in [1.807, 2.05) is 7.11 Å². The van der Waals surface area contributed by atoms with E-state index < -0.39 is 5.60 Å². The van der Waals surface area contributed by atoms with E-state index in [0.717, 1.165) is 32.4 Å². The number of aliphatic hydroxyl groups is 1. The van der Waals surface area contributed by atoms with Gasteiger partial charge in [0, 0.05) is 88.9 Å². The monoisotopic (exact) mass is 493 g/mol. The Morgan fingerprint density at radius 3 is 2.46 bits per heavy atom. The average Bonchev–Trinajstić information content (AvgIpc) is 3.27. The summed E-state index contributed by atoms with van der Waals surface area (Å²) in [6, 6.07) is 0.0789. The highest BCUT2D eigenvalue weighted by atomic mass is 16.5. The van der Waals surface area contributed by atoms with E-state index in [1.165, 1.54) is 6.92 Å². The number of piperidine rings is 1. The second-order valence-corrected chi connectivity index (χ2v) is 12.3. The van der Waals surface area contributed by atoms with Crippen molar-refractivity contribution in [2.75, 3.05) is 48.1 Å². The van der Waals surface area contributed by atoms with Gasteiger partial charge in [0.2, 0.25) is 0 Å². The normalized spacial score (nSPS) is 55.7. The summed E-state index contributed by atoms with van der Waals surface area (Å²) >= 11 is 0. The average molecular weight is 494 g/mol. The molecule has 1 N–H and O–H groups in total. The molecule has 13 atom stereocenters. The quantitative estimate of drug-likeness (QED) is 0.537. The lowest BCUT2D eigenvalue weighted by Crippen LogP contribution is -2.76. The predicted octanol–water partition coefficient (Wildman–Crippen LogP) is 1.73. The van der Waals surface area contributed by atoms with E-state index in [-0.39, 0.29) is 76.8 Å². The lowest BCUT2D eigenvalue weighted by molar-refractivity contribution is -0.277. The smallest absolute Gasteiger partial charge is 0.302 e. The van der Waals surface area contributed by atoms with E-state index in [0.29, 0.717) is 13.0 Å². The maximum absolute atomic E-state index is 12.9. The van der Waals surface area contributed by atoms with Crippen LogP contribution < -0.4 is 0 Å². The molecular formula is C27H43NO7. The number of nitrogens with zero attached hydrogens (tertiary/aromatic N) is 1. The molecule has 0 aromatic carbocycles. The zero-order valence-electron chi connectivity index (χ0n) is 22.1. The topological polar surface area (TPSA) is 86.7 Å². The molecule has 0 aromatic heterocycles. The summed E-state index contributed by atoms with van der Waals surface area (Å²) in [4.78, 5) is 15.2. The first-order chi connectivity index (χ1) is 16.8. The van der Waals surface area contributed by atoms with Crippen LogP contribution in [0.1, 0.15) is 39.5 Å². The number of hydrogen-bond donors (Lipinski definition) is 1. The van der Waals surface area contributed by atoms with Crippen molar-refractivity contribution in [1.82, 2.24) is 4.90 Å². The van der Waals surface area contributed by atoms with Gasteiger partial charge in [-0.05, 0) is 31.7 Å². The number of carbonyl (C=O) groups is 1. The van der Waals surface area contributed by atoms with Crippen molar-refractivity contribution in [3.8, 4) is 0 Å².